The molecule has 0 saturated carbocycles. The normalized spacial score (nSPS) is 10.1. The van der Waals surface area contributed by atoms with Gasteiger partial charge in [0.25, 0.3) is 0 Å². The molecule has 0 unspecified atom stereocenters. The van der Waals surface area contributed by atoms with Crippen molar-refractivity contribution in [1.82, 2.24) is 4.98 Å². The summed E-state index contributed by atoms with van der Waals surface area (Å²) in [5.41, 5.74) is 3.00. The lowest BCUT2D eigenvalue weighted by Gasteiger charge is -2.03. The van der Waals surface area contributed by atoms with E-state index in [2.05, 4.69) is 16.8 Å². The third-order valence-corrected chi connectivity index (χ3v) is 4.22. The highest BCUT2D eigenvalue weighted by Gasteiger charge is 2.12. The number of thiophene rings is 1. The molecular weight excluding hydrogens is 297 g/mol. The molecule has 2 aromatic heterocycles. The van der Waals surface area contributed by atoms with Gasteiger partial charge in [-0.25, -0.2) is 4.39 Å². The Morgan fingerprint density at radius 2 is 1.77 bits per heavy atom. The number of rotatable bonds is 2. The Balaban J connectivity index is 2.14. The Bertz CT molecular complexity index is 829. The predicted octanol–water partition coefficient (Wildman–Crippen LogP) is 3.96. The summed E-state index contributed by atoms with van der Waals surface area (Å²) in [6.07, 6.45) is 3.47. The Kier molecular flexibility index (Phi) is 4.29. The van der Waals surface area contributed by atoms with Crippen molar-refractivity contribution in [3.8, 4) is 33.4 Å². The second-order valence-electron chi connectivity index (χ2n) is 4.56. The molecule has 0 fully saturated rings. The van der Waals surface area contributed by atoms with Crippen molar-refractivity contribution in [1.29, 1.82) is 0 Å². The van der Waals surface area contributed by atoms with E-state index < -0.39 is 0 Å². The van der Waals surface area contributed by atoms with Gasteiger partial charge in [-0.2, -0.15) is 0 Å². The molecule has 4 heteroatoms. The molecule has 0 spiro atoms. The number of aliphatic hydroxyl groups excluding tert-OH is 1. The van der Waals surface area contributed by atoms with Crippen molar-refractivity contribution < 1.29 is 9.50 Å². The Morgan fingerprint density at radius 1 is 1.05 bits per heavy atom. The Labute approximate surface area is 131 Å². The number of hydrogen-bond donors (Lipinski definition) is 1. The molecule has 2 nitrogen and oxygen atoms in total. The molecule has 0 aliphatic carbocycles. The van der Waals surface area contributed by atoms with Crippen LogP contribution in [0.5, 0.6) is 0 Å². The highest BCUT2D eigenvalue weighted by molar-refractivity contribution is 7.16. The summed E-state index contributed by atoms with van der Waals surface area (Å²) in [6.45, 7) is -0.172. The summed E-state index contributed by atoms with van der Waals surface area (Å²) >= 11 is 1.53. The monoisotopic (exact) mass is 309 g/mol. The van der Waals surface area contributed by atoms with E-state index in [1.807, 2.05) is 18.2 Å². The predicted molar refractivity (Wildman–Crippen MR) is 86.9 cm³/mol. The first kappa shape index (κ1) is 14.5. The Morgan fingerprint density at radius 3 is 2.45 bits per heavy atom. The molecule has 0 bridgehead atoms. The van der Waals surface area contributed by atoms with Crippen LogP contribution in [0.3, 0.4) is 0 Å². The minimum absolute atomic E-state index is 0.172. The number of aliphatic hydroxyl groups is 1. The maximum Gasteiger partial charge on any atom is 0.123 e. The van der Waals surface area contributed by atoms with Crippen LogP contribution in [0.25, 0.3) is 21.6 Å². The van der Waals surface area contributed by atoms with E-state index in [1.165, 1.54) is 23.5 Å². The van der Waals surface area contributed by atoms with Crippen molar-refractivity contribution in [2.75, 3.05) is 6.61 Å². The Hall–Kier alpha value is -2.48. The molecule has 1 aromatic carbocycles. The molecule has 0 saturated heterocycles. The fraction of sp³-hybridized carbons (Fsp3) is 0.0556. The lowest BCUT2D eigenvalue weighted by Crippen LogP contribution is -1.80. The number of hydrogen-bond acceptors (Lipinski definition) is 3. The topological polar surface area (TPSA) is 33.1 Å². The molecule has 3 aromatic rings. The van der Waals surface area contributed by atoms with Crippen LogP contribution in [-0.4, -0.2) is 16.7 Å². The first-order chi connectivity index (χ1) is 10.8. The van der Waals surface area contributed by atoms with E-state index in [-0.39, 0.29) is 12.4 Å². The number of nitrogens with zero attached hydrogens (tertiary/aromatic N) is 1. The van der Waals surface area contributed by atoms with Gasteiger partial charge in [0.05, 0.1) is 4.88 Å². The fourth-order valence-electron chi connectivity index (χ4n) is 2.14. The van der Waals surface area contributed by atoms with Gasteiger partial charge >= 0.3 is 0 Å². The van der Waals surface area contributed by atoms with E-state index in [9.17, 15) is 4.39 Å². The van der Waals surface area contributed by atoms with Crippen LogP contribution in [0.1, 0.15) is 4.88 Å². The maximum absolute atomic E-state index is 13.1. The molecule has 2 heterocycles. The number of benzene rings is 1. The lowest BCUT2D eigenvalue weighted by molar-refractivity contribution is 0.350. The SMILES string of the molecule is OCC#Cc1cc(-c2ccncc2)c(-c2ccc(F)cc2)s1. The number of halogens is 1. The van der Waals surface area contributed by atoms with E-state index in [0.717, 1.165) is 26.4 Å². The van der Waals surface area contributed by atoms with Crippen molar-refractivity contribution >= 4 is 11.3 Å². The van der Waals surface area contributed by atoms with Crippen LogP contribution < -0.4 is 0 Å². The average molecular weight is 309 g/mol. The molecule has 0 atom stereocenters. The lowest BCUT2D eigenvalue weighted by atomic mass is 10.0. The quantitative estimate of drug-likeness (QED) is 0.727. The minimum Gasteiger partial charge on any atom is -0.384 e. The highest BCUT2D eigenvalue weighted by Crippen LogP contribution is 2.39. The van der Waals surface area contributed by atoms with Gasteiger partial charge in [-0.05, 0) is 41.5 Å². The standard InChI is InChI=1S/C18H12FNOS/c19-15-5-3-14(4-6-15)18-17(13-7-9-20-10-8-13)12-16(22-18)2-1-11-21/h3-10,12,21H,11H2. The van der Waals surface area contributed by atoms with Gasteiger partial charge in [0.2, 0.25) is 0 Å². The maximum atomic E-state index is 13.1. The second kappa shape index (κ2) is 6.52. The second-order valence-corrected chi connectivity index (χ2v) is 5.61. The van der Waals surface area contributed by atoms with Crippen LogP contribution in [0.2, 0.25) is 0 Å². The minimum atomic E-state index is -0.258. The van der Waals surface area contributed by atoms with Crippen molar-refractivity contribution in [3.63, 3.8) is 0 Å². The van der Waals surface area contributed by atoms with Gasteiger partial charge in [-0.3, -0.25) is 4.98 Å². The fourth-order valence-corrected chi connectivity index (χ4v) is 3.20. The summed E-state index contributed by atoms with van der Waals surface area (Å²) in [6, 6.07) is 12.3. The molecule has 0 aliphatic heterocycles. The van der Waals surface area contributed by atoms with Crippen LogP contribution >= 0.6 is 11.3 Å². The zero-order valence-corrected chi connectivity index (χ0v) is 12.4. The van der Waals surface area contributed by atoms with Crippen molar-refractivity contribution in [2.45, 2.75) is 0 Å². The summed E-state index contributed by atoms with van der Waals surface area (Å²) in [7, 11) is 0. The average Bonchev–Trinajstić information content (AvgIpc) is 2.98. The molecule has 22 heavy (non-hydrogen) atoms. The summed E-state index contributed by atoms with van der Waals surface area (Å²) in [5.74, 6) is 5.34. The molecule has 108 valence electrons. The van der Waals surface area contributed by atoms with Gasteiger partial charge in [0.15, 0.2) is 0 Å². The van der Waals surface area contributed by atoms with Gasteiger partial charge < -0.3 is 5.11 Å². The van der Waals surface area contributed by atoms with E-state index in [0.29, 0.717) is 0 Å². The van der Waals surface area contributed by atoms with E-state index in [4.69, 9.17) is 5.11 Å². The zero-order valence-electron chi connectivity index (χ0n) is 11.6. The van der Waals surface area contributed by atoms with Crippen LogP contribution in [-0.2, 0) is 0 Å². The van der Waals surface area contributed by atoms with Crippen molar-refractivity contribution in [2.24, 2.45) is 0 Å². The first-order valence-corrected chi connectivity index (χ1v) is 7.49. The third kappa shape index (κ3) is 3.06. The molecular formula is C18H12FNOS. The zero-order chi connectivity index (χ0) is 15.4. The largest absolute Gasteiger partial charge is 0.384 e. The van der Waals surface area contributed by atoms with Gasteiger partial charge in [0.1, 0.15) is 12.4 Å². The molecule has 1 N–H and O–H groups in total. The van der Waals surface area contributed by atoms with Gasteiger partial charge in [-0.1, -0.05) is 24.0 Å². The highest BCUT2D eigenvalue weighted by atomic mass is 32.1. The van der Waals surface area contributed by atoms with Crippen LogP contribution in [0.4, 0.5) is 4.39 Å². The van der Waals surface area contributed by atoms with E-state index in [1.54, 1.807) is 24.5 Å². The molecule has 3 rings (SSSR count). The van der Waals surface area contributed by atoms with Gasteiger partial charge in [0, 0.05) is 22.8 Å². The number of aromatic nitrogens is 1. The molecule has 0 aliphatic rings. The van der Waals surface area contributed by atoms with E-state index >= 15 is 0 Å². The molecule has 0 amide bonds. The summed E-state index contributed by atoms with van der Waals surface area (Å²) < 4.78 is 13.1. The van der Waals surface area contributed by atoms with Crippen molar-refractivity contribution in [3.05, 3.63) is 65.6 Å². The third-order valence-electron chi connectivity index (χ3n) is 3.12. The van der Waals surface area contributed by atoms with Gasteiger partial charge in [-0.15, -0.1) is 11.3 Å². The molecule has 0 radical (unpaired) electrons. The van der Waals surface area contributed by atoms with Crippen LogP contribution in [0.15, 0.2) is 54.9 Å². The number of pyridine rings is 1. The summed E-state index contributed by atoms with van der Waals surface area (Å²) in [4.78, 5) is 5.92. The smallest absolute Gasteiger partial charge is 0.123 e. The van der Waals surface area contributed by atoms with Crippen LogP contribution in [0, 0.1) is 17.7 Å². The summed E-state index contributed by atoms with van der Waals surface area (Å²) in [5, 5.41) is 8.85. The first-order valence-electron chi connectivity index (χ1n) is 6.68.